The maximum Gasteiger partial charge on any atom is 0.573 e. The van der Waals surface area contributed by atoms with Crippen molar-refractivity contribution in [3.05, 3.63) is 24.3 Å². The summed E-state index contributed by atoms with van der Waals surface area (Å²) in [6.45, 7) is 4.41. The number of nitrogens with one attached hydrogen (secondary N) is 1. The van der Waals surface area contributed by atoms with Gasteiger partial charge >= 0.3 is 6.36 Å². The molecule has 0 saturated carbocycles. The van der Waals surface area contributed by atoms with E-state index in [0.29, 0.717) is 5.69 Å². The molecule has 1 unspecified atom stereocenters. The van der Waals surface area contributed by atoms with Crippen LogP contribution in [-0.2, 0) is 0 Å². The number of halogens is 3. The Kier molecular flexibility index (Phi) is 4.42. The number of anilines is 1. The lowest BCUT2D eigenvalue weighted by Gasteiger charge is -2.35. The third kappa shape index (κ3) is 4.81. The van der Waals surface area contributed by atoms with Crippen LogP contribution in [-0.4, -0.2) is 23.9 Å². The molecule has 0 radical (unpaired) electrons. The Morgan fingerprint density at radius 3 is 2.75 bits per heavy atom. The second kappa shape index (κ2) is 5.76. The van der Waals surface area contributed by atoms with Crippen LogP contribution in [0.25, 0.3) is 0 Å². The molecule has 1 aliphatic rings. The Balaban J connectivity index is 2.01. The van der Waals surface area contributed by atoms with Gasteiger partial charge in [-0.1, -0.05) is 19.9 Å². The van der Waals surface area contributed by atoms with E-state index in [4.69, 9.17) is 0 Å². The van der Waals surface area contributed by atoms with Crippen molar-refractivity contribution in [2.24, 2.45) is 5.41 Å². The smallest absolute Gasteiger partial charge is 0.406 e. The minimum atomic E-state index is -4.65. The van der Waals surface area contributed by atoms with Gasteiger partial charge in [0.15, 0.2) is 0 Å². The average Bonchev–Trinajstić information content (AvgIpc) is 2.25. The van der Waals surface area contributed by atoms with Crippen molar-refractivity contribution in [1.82, 2.24) is 0 Å². The second-order valence-corrected chi connectivity index (χ2v) is 6.83. The average molecular weight is 305 g/mol. The fourth-order valence-corrected chi connectivity index (χ4v) is 3.65. The van der Waals surface area contributed by atoms with Gasteiger partial charge in [-0.2, -0.15) is 11.8 Å². The Bertz CT molecular complexity index is 462. The molecule has 2 nitrogen and oxygen atoms in total. The zero-order valence-electron chi connectivity index (χ0n) is 11.5. The molecule has 1 aromatic carbocycles. The summed E-state index contributed by atoms with van der Waals surface area (Å²) in [5, 5.41) is 3.29. The van der Waals surface area contributed by atoms with Crippen LogP contribution in [0.2, 0.25) is 0 Å². The van der Waals surface area contributed by atoms with Crippen LogP contribution in [0, 0.1) is 5.41 Å². The summed E-state index contributed by atoms with van der Waals surface area (Å²) >= 11 is 1.87. The fourth-order valence-electron chi connectivity index (χ4n) is 2.37. The van der Waals surface area contributed by atoms with Crippen molar-refractivity contribution in [3.8, 4) is 5.75 Å². The summed E-state index contributed by atoms with van der Waals surface area (Å²) in [4.78, 5) is 0. The van der Waals surface area contributed by atoms with Crippen LogP contribution in [0.4, 0.5) is 18.9 Å². The van der Waals surface area contributed by atoms with Crippen LogP contribution in [0.15, 0.2) is 24.3 Å². The quantitative estimate of drug-likeness (QED) is 0.886. The van der Waals surface area contributed by atoms with Crippen molar-refractivity contribution in [2.45, 2.75) is 32.7 Å². The van der Waals surface area contributed by atoms with Crippen LogP contribution >= 0.6 is 11.8 Å². The highest BCUT2D eigenvalue weighted by Crippen LogP contribution is 2.35. The van der Waals surface area contributed by atoms with E-state index in [9.17, 15) is 13.2 Å². The molecular weight excluding hydrogens is 287 g/mol. The molecule has 0 amide bonds. The van der Waals surface area contributed by atoms with E-state index in [0.717, 1.165) is 17.9 Å². The molecule has 6 heteroatoms. The number of benzene rings is 1. The summed E-state index contributed by atoms with van der Waals surface area (Å²) in [6.07, 6.45) is -3.65. The first-order valence-electron chi connectivity index (χ1n) is 6.44. The van der Waals surface area contributed by atoms with Crippen molar-refractivity contribution in [2.75, 3.05) is 16.8 Å². The summed E-state index contributed by atoms with van der Waals surface area (Å²) in [7, 11) is 0. The van der Waals surface area contributed by atoms with Crippen LogP contribution < -0.4 is 10.1 Å². The van der Waals surface area contributed by atoms with Gasteiger partial charge in [0.25, 0.3) is 0 Å². The zero-order chi connectivity index (χ0) is 14.8. The highest BCUT2D eigenvalue weighted by molar-refractivity contribution is 7.99. The van der Waals surface area contributed by atoms with Crippen LogP contribution in [0.1, 0.15) is 20.3 Å². The largest absolute Gasteiger partial charge is 0.573 e. The Morgan fingerprint density at radius 1 is 1.35 bits per heavy atom. The first-order chi connectivity index (χ1) is 9.23. The van der Waals surface area contributed by atoms with E-state index in [2.05, 4.69) is 23.9 Å². The summed E-state index contributed by atoms with van der Waals surface area (Å²) in [6, 6.07) is 6.28. The monoisotopic (exact) mass is 305 g/mol. The van der Waals surface area contributed by atoms with Gasteiger partial charge in [-0.25, -0.2) is 0 Å². The van der Waals surface area contributed by atoms with E-state index in [1.165, 1.54) is 12.1 Å². The number of rotatable bonds is 3. The minimum absolute atomic E-state index is 0.190. The van der Waals surface area contributed by atoms with Gasteiger partial charge in [0.1, 0.15) is 5.75 Å². The maximum atomic E-state index is 12.2. The molecular formula is C14H18F3NOS. The lowest BCUT2D eigenvalue weighted by atomic mass is 9.88. The van der Waals surface area contributed by atoms with Crippen molar-refractivity contribution >= 4 is 17.4 Å². The van der Waals surface area contributed by atoms with Gasteiger partial charge in [-0.15, -0.1) is 13.2 Å². The Morgan fingerprint density at radius 2 is 2.10 bits per heavy atom. The summed E-state index contributed by atoms with van der Waals surface area (Å²) < 4.78 is 40.5. The van der Waals surface area contributed by atoms with E-state index >= 15 is 0 Å². The molecule has 2 rings (SSSR count). The van der Waals surface area contributed by atoms with Gasteiger partial charge in [0, 0.05) is 23.5 Å². The van der Waals surface area contributed by atoms with Gasteiger partial charge in [-0.05, 0) is 29.7 Å². The first-order valence-corrected chi connectivity index (χ1v) is 7.59. The number of ether oxygens (including phenoxy) is 1. The molecule has 0 bridgehead atoms. The van der Waals surface area contributed by atoms with Crippen molar-refractivity contribution in [3.63, 3.8) is 0 Å². The van der Waals surface area contributed by atoms with Crippen molar-refractivity contribution in [1.29, 1.82) is 0 Å². The predicted molar refractivity (Wildman–Crippen MR) is 76.3 cm³/mol. The lowest BCUT2D eigenvalue weighted by molar-refractivity contribution is -0.274. The molecule has 1 fully saturated rings. The minimum Gasteiger partial charge on any atom is -0.406 e. The topological polar surface area (TPSA) is 21.3 Å². The zero-order valence-corrected chi connectivity index (χ0v) is 12.3. The fraction of sp³-hybridized carbons (Fsp3) is 0.571. The Labute approximate surface area is 121 Å². The third-order valence-corrected chi connectivity index (χ3v) is 4.67. The van der Waals surface area contributed by atoms with E-state index in [-0.39, 0.29) is 17.2 Å². The van der Waals surface area contributed by atoms with Crippen LogP contribution in [0.5, 0.6) is 5.75 Å². The highest BCUT2D eigenvalue weighted by Gasteiger charge is 2.31. The standard InChI is InChI=1S/C14H18F3NOS/c1-13(2)7-11(8-20-9-13)18-10-4-3-5-12(6-10)19-14(15,16)17/h3-6,11,18H,7-9H2,1-2H3. The van der Waals surface area contributed by atoms with E-state index in [1.54, 1.807) is 12.1 Å². The van der Waals surface area contributed by atoms with E-state index < -0.39 is 6.36 Å². The maximum absolute atomic E-state index is 12.2. The molecule has 1 saturated heterocycles. The molecule has 112 valence electrons. The van der Waals surface area contributed by atoms with Crippen LogP contribution in [0.3, 0.4) is 0 Å². The molecule has 0 aromatic heterocycles. The molecule has 1 aromatic rings. The number of alkyl halides is 3. The molecule has 20 heavy (non-hydrogen) atoms. The van der Waals surface area contributed by atoms with Gasteiger partial charge in [0.05, 0.1) is 0 Å². The second-order valence-electron chi connectivity index (χ2n) is 5.80. The molecule has 1 N–H and O–H groups in total. The number of thioether (sulfide) groups is 1. The molecule has 1 atom stereocenters. The van der Waals surface area contributed by atoms with E-state index in [1.807, 2.05) is 11.8 Å². The first kappa shape index (κ1) is 15.4. The lowest BCUT2D eigenvalue weighted by Crippen LogP contribution is -2.35. The van der Waals surface area contributed by atoms with Gasteiger partial charge < -0.3 is 10.1 Å². The van der Waals surface area contributed by atoms with Crippen molar-refractivity contribution < 1.29 is 17.9 Å². The summed E-state index contributed by atoms with van der Waals surface area (Å²) in [5.41, 5.74) is 0.913. The summed E-state index contributed by atoms with van der Waals surface area (Å²) in [5.74, 6) is 1.89. The third-order valence-electron chi connectivity index (χ3n) is 3.05. The molecule has 1 aliphatic heterocycles. The number of hydrogen-bond donors (Lipinski definition) is 1. The number of hydrogen-bond acceptors (Lipinski definition) is 3. The molecule has 0 spiro atoms. The SMILES string of the molecule is CC1(C)CSCC(Nc2cccc(OC(F)(F)F)c2)C1. The highest BCUT2D eigenvalue weighted by atomic mass is 32.2. The molecule has 0 aliphatic carbocycles. The Hall–Kier alpha value is -1.04. The predicted octanol–water partition coefficient (Wildman–Crippen LogP) is 4.53. The molecule has 1 heterocycles. The van der Waals surface area contributed by atoms with Gasteiger partial charge in [-0.3, -0.25) is 0 Å². The van der Waals surface area contributed by atoms with Gasteiger partial charge in [0.2, 0.25) is 0 Å². The normalized spacial score (nSPS) is 22.4.